The van der Waals surface area contributed by atoms with Crippen LogP contribution in [0.3, 0.4) is 0 Å². The van der Waals surface area contributed by atoms with E-state index in [-0.39, 0.29) is 34.7 Å². The number of alkyl carbamates (subject to hydrolysis) is 1. The second-order valence-corrected chi connectivity index (χ2v) is 10.8. The zero-order valence-electron chi connectivity index (χ0n) is 20.5. The minimum atomic E-state index is -0.781. The highest BCUT2D eigenvalue weighted by atomic mass is 79.9. The van der Waals surface area contributed by atoms with Crippen molar-refractivity contribution in [3.8, 4) is 0 Å². The molecule has 1 aliphatic carbocycles. The summed E-state index contributed by atoms with van der Waals surface area (Å²) in [5, 5.41) is 2.86. The van der Waals surface area contributed by atoms with Crippen LogP contribution in [0.2, 0.25) is 0 Å². The van der Waals surface area contributed by atoms with Gasteiger partial charge in [0.1, 0.15) is 21.7 Å². The fourth-order valence-electron chi connectivity index (χ4n) is 4.46. The first kappa shape index (κ1) is 27.1. The zero-order valence-corrected chi connectivity index (χ0v) is 22.1. The Kier molecular flexibility index (Phi) is 8.56. The number of hydrogen-bond donors (Lipinski definition) is 1. The average molecular weight is 556 g/mol. The first-order chi connectivity index (χ1) is 16.4. The molecule has 1 fully saturated rings. The number of nitrogens with zero attached hydrogens (tertiary/aromatic N) is 2. The summed E-state index contributed by atoms with van der Waals surface area (Å²) in [4.78, 5) is 39.1. The standard InChI is InChI=1S/C25H32BrF2N3O4/c1-15-21(26)22(32)31(24(34)30(15)13-17-18(27)11-8-12-19(17)28)14-20(16-9-6-5-7-10-16)29-23(33)35-25(2,3)4/h8,11-12,16,20H,5-7,9-10,13-14H2,1-4H3,(H,29,33)/t20-/m1/s1. The summed E-state index contributed by atoms with van der Waals surface area (Å²) >= 11 is 3.25. The Morgan fingerprint density at radius 3 is 2.31 bits per heavy atom. The molecule has 3 rings (SSSR count). The molecular weight excluding hydrogens is 524 g/mol. The second kappa shape index (κ2) is 11.1. The second-order valence-electron chi connectivity index (χ2n) is 10.0. The predicted octanol–water partition coefficient (Wildman–Crippen LogP) is 4.88. The monoisotopic (exact) mass is 555 g/mol. The third-order valence-electron chi connectivity index (χ3n) is 6.30. The molecule has 1 aliphatic rings. The first-order valence-electron chi connectivity index (χ1n) is 11.8. The highest BCUT2D eigenvalue weighted by Gasteiger charge is 2.29. The Labute approximate surface area is 211 Å². The number of amides is 1. The SMILES string of the molecule is Cc1c(Br)c(=O)n(C[C@@H](NC(=O)OC(C)(C)C)C2CCCCC2)c(=O)n1Cc1c(F)cccc1F. The summed E-state index contributed by atoms with van der Waals surface area (Å²) < 4.78 is 36.3. The lowest BCUT2D eigenvalue weighted by Gasteiger charge is -2.32. The molecule has 1 aromatic carbocycles. The van der Waals surface area contributed by atoms with E-state index < -0.39 is 40.6 Å². The summed E-state index contributed by atoms with van der Waals surface area (Å²) in [6.07, 6.45) is 4.13. The van der Waals surface area contributed by atoms with Crippen molar-refractivity contribution < 1.29 is 18.3 Å². The lowest BCUT2D eigenvalue weighted by atomic mass is 9.84. The van der Waals surface area contributed by atoms with Crippen molar-refractivity contribution in [3.63, 3.8) is 0 Å². The normalized spacial score (nSPS) is 15.6. The van der Waals surface area contributed by atoms with Gasteiger partial charge in [-0.1, -0.05) is 25.3 Å². The van der Waals surface area contributed by atoms with E-state index in [1.54, 1.807) is 20.8 Å². The van der Waals surface area contributed by atoms with Gasteiger partial charge in [0.2, 0.25) is 0 Å². The van der Waals surface area contributed by atoms with E-state index in [4.69, 9.17) is 4.74 Å². The van der Waals surface area contributed by atoms with E-state index in [9.17, 15) is 23.2 Å². The van der Waals surface area contributed by atoms with E-state index in [2.05, 4.69) is 21.2 Å². The molecule has 7 nitrogen and oxygen atoms in total. The summed E-state index contributed by atoms with van der Waals surface area (Å²) in [6.45, 7) is 6.34. The zero-order chi connectivity index (χ0) is 25.9. The Bertz CT molecular complexity index is 1180. The smallest absolute Gasteiger partial charge is 0.407 e. The van der Waals surface area contributed by atoms with E-state index in [1.165, 1.54) is 17.6 Å². The van der Waals surface area contributed by atoms with Gasteiger partial charge in [-0.05, 0) is 74.5 Å². The van der Waals surface area contributed by atoms with Crippen molar-refractivity contribution in [2.24, 2.45) is 5.92 Å². The number of ether oxygens (including phenoxy) is 1. The summed E-state index contributed by atoms with van der Waals surface area (Å²) in [5.41, 5.74) is -1.99. The van der Waals surface area contributed by atoms with E-state index in [0.717, 1.165) is 48.8 Å². The molecule has 0 aliphatic heterocycles. The molecular formula is C25H32BrF2N3O4. The molecule has 0 spiro atoms. The number of carbonyl (C=O) groups is 1. The van der Waals surface area contributed by atoms with Crippen LogP contribution in [0.4, 0.5) is 13.6 Å². The predicted molar refractivity (Wildman–Crippen MR) is 133 cm³/mol. The van der Waals surface area contributed by atoms with Gasteiger partial charge < -0.3 is 10.1 Å². The topological polar surface area (TPSA) is 82.3 Å². The molecule has 192 valence electrons. The number of aromatic nitrogens is 2. The number of benzene rings is 1. The largest absolute Gasteiger partial charge is 0.444 e. The third kappa shape index (κ3) is 6.59. The summed E-state index contributed by atoms with van der Waals surface area (Å²) in [5.74, 6) is -1.51. The number of nitrogens with one attached hydrogen (secondary N) is 1. The van der Waals surface area contributed by atoms with Crippen LogP contribution in [-0.2, 0) is 17.8 Å². The van der Waals surface area contributed by atoms with E-state index in [1.807, 2.05) is 0 Å². The molecule has 1 amide bonds. The van der Waals surface area contributed by atoms with Gasteiger partial charge in [0.05, 0.1) is 19.1 Å². The molecule has 1 saturated carbocycles. The molecule has 0 saturated heterocycles. The maximum atomic E-state index is 14.3. The molecule has 2 aromatic rings. The van der Waals surface area contributed by atoms with Crippen LogP contribution in [0.5, 0.6) is 0 Å². The van der Waals surface area contributed by atoms with Gasteiger partial charge in [-0.2, -0.15) is 0 Å². The molecule has 1 atom stereocenters. The number of carbonyl (C=O) groups excluding carboxylic acids is 1. The van der Waals surface area contributed by atoms with Gasteiger partial charge in [-0.25, -0.2) is 18.4 Å². The maximum absolute atomic E-state index is 14.3. The van der Waals surface area contributed by atoms with Crippen LogP contribution in [0.15, 0.2) is 32.3 Å². The molecule has 35 heavy (non-hydrogen) atoms. The van der Waals surface area contributed by atoms with Crippen LogP contribution in [0.1, 0.15) is 64.1 Å². The van der Waals surface area contributed by atoms with Gasteiger partial charge in [0.25, 0.3) is 5.56 Å². The van der Waals surface area contributed by atoms with Crippen molar-refractivity contribution in [2.45, 2.75) is 84.5 Å². The van der Waals surface area contributed by atoms with Crippen molar-refractivity contribution in [1.29, 1.82) is 0 Å². The van der Waals surface area contributed by atoms with Gasteiger partial charge in [0, 0.05) is 11.3 Å². The van der Waals surface area contributed by atoms with Crippen LogP contribution in [-0.4, -0.2) is 26.9 Å². The molecule has 1 N–H and O–H groups in total. The summed E-state index contributed by atoms with van der Waals surface area (Å²) in [7, 11) is 0. The van der Waals surface area contributed by atoms with Crippen molar-refractivity contribution >= 4 is 22.0 Å². The molecule has 10 heteroatoms. The molecule has 1 heterocycles. The van der Waals surface area contributed by atoms with Crippen molar-refractivity contribution in [3.05, 3.63) is 66.4 Å². The average Bonchev–Trinajstić information content (AvgIpc) is 2.78. The van der Waals surface area contributed by atoms with Crippen molar-refractivity contribution in [1.82, 2.24) is 14.5 Å². The van der Waals surface area contributed by atoms with Crippen molar-refractivity contribution in [2.75, 3.05) is 0 Å². The number of hydrogen-bond acceptors (Lipinski definition) is 4. The van der Waals surface area contributed by atoms with Crippen LogP contribution < -0.4 is 16.6 Å². The van der Waals surface area contributed by atoms with Gasteiger partial charge in [-0.3, -0.25) is 13.9 Å². The molecule has 0 bridgehead atoms. The Morgan fingerprint density at radius 1 is 1.14 bits per heavy atom. The Balaban J connectivity index is 2.01. The van der Waals surface area contributed by atoms with Crippen LogP contribution in [0, 0.1) is 24.5 Å². The number of rotatable bonds is 6. The quantitative estimate of drug-likeness (QED) is 0.550. The van der Waals surface area contributed by atoms with Gasteiger partial charge in [-0.15, -0.1) is 0 Å². The fraction of sp³-hybridized carbons (Fsp3) is 0.560. The van der Waals surface area contributed by atoms with Gasteiger partial charge >= 0.3 is 11.8 Å². The lowest BCUT2D eigenvalue weighted by molar-refractivity contribution is 0.0467. The highest BCUT2D eigenvalue weighted by Crippen LogP contribution is 2.27. The minimum Gasteiger partial charge on any atom is -0.444 e. The fourth-order valence-corrected chi connectivity index (χ4v) is 4.89. The maximum Gasteiger partial charge on any atom is 0.407 e. The van der Waals surface area contributed by atoms with E-state index >= 15 is 0 Å². The number of halogens is 3. The Morgan fingerprint density at radius 2 is 1.74 bits per heavy atom. The molecule has 0 unspecified atom stereocenters. The first-order valence-corrected chi connectivity index (χ1v) is 12.6. The van der Waals surface area contributed by atoms with Crippen LogP contribution >= 0.6 is 15.9 Å². The molecule has 0 radical (unpaired) electrons. The van der Waals surface area contributed by atoms with Crippen LogP contribution in [0.25, 0.3) is 0 Å². The minimum absolute atomic E-state index is 0.0557. The summed E-state index contributed by atoms with van der Waals surface area (Å²) in [6, 6.07) is 2.96. The van der Waals surface area contributed by atoms with E-state index in [0.29, 0.717) is 0 Å². The highest BCUT2D eigenvalue weighted by molar-refractivity contribution is 9.10. The lowest BCUT2D eigenvalue weighted by Crippen LogP contribution is -2.51. The third-order valence-corrected chi connectivity index (χ3v) is 7.21. The Hall–Kier alpha value is -2.49. The van der Waals surface area contributed by atoms with Gasteiger partial charge in [0.15, 0.2) is 0 Å². The molecule has 1 aromatic heterocycles.